The van der Waals surface area contributed by atoms with Crippen molar-refractivity contribution >= 4 is 11.6 Å². The van der Waals surface area contributed by atoms with Gasteiger partial charge in [-0.05, 0) is 20.8 Å². The van der Waals surface area contributed by atoms with Crippen molar-refractivity contribution in [2.45, 2.75) is 26.8 Å². The van der Waals surface area contributed by atoms with Crippen molar-refractivity contribution in [1.82, 2.24) is 15.3 Å². The lowest BCUT2D eigenvalue weighted by Gasteiger charge is -2.30. The summed E-state index contributed by atoms with van der Waals surface area (Å²) in [6, 6.07) is 2.54. The number of nitrogens with one attached hydrogen (secondary N) is 1. The van der Waals surface area contributed by atoms with Crippen LogP contribution in [-0.4, -0.2) is 49.2 Å². The van der Waals surface area contributed by atoms with Gasteiger partial charge < -0.3 is 15.1 Å². The van der Waals surface area contributed by atoms with Crippen molar-refractivity contribution in [2.75, 3.05) is 43.0 Å². The summed E-state index contributed by atoms with van der Waals surface area (Å²) in [5.41, 5.74) is 0. The molecule has 100 valence electrons. The summed E-state index contributed by atoms with van der Waals surface area (Å²) in [5, 5.41) is 3.36. The Labute approximate surface area is 109 Å². The van der Waals surface area contributed by atoms with Gasteiger partial charge >= 0.3 is 0 Å². The van der Waals surface area contributed by atoms with Crippen LogP contribution >= 0.6 is 0 Å². The lowest BCUT2D eigenvalue weighted by atomic mass is 10.3. The van der Waals surface area contributed by atoms with Gasteiger partial charge in [0, 0.05) is 45.3 Å². The highest BCUT2D eigenvalue weighted by atomic mass is 15.3. The van der Waals surface area contributed by atoms with Gasteiger partial charge in [0.2, 0.25) is 0 Å². The molecule has 1 saturated heterocycles. The highest BCUT2D eigenvalue weighted by molar-refractivity contribution is 5.51. The topological polar surface area (TPSA) is 44.3 Å². The van der Waals surface area contributed by atoms with E-state index < -0.39 is 0 Å². The van der Waals surface area contributed by atoms with E-state index in [4.69, 9.17) is 0 Å². The molecule has 5 heteroatoms. The smallest absolute Gasteiger partial charge is 0.134 e. The minimum absolute atomic E-state index is 0.440. The van der Waals surface area contributed by atoms with Crippen LogP contribution in [-0.2, 0) is 0 Å². The summed E-state index contributed by atoms with van der Waals surface area (Å²) >= 11 is 0. The number of hydrogen-bond donors (Lipinski definition) is 1. The summed E-state index contributed by atoms with van der Waals surface area (Å²) in [7, 11) is 2.08. The molecule has 0 bridgehead atoms. The molecule has 1 fully saturated rings. The largest absolute Gasteiger partial charge is 0.357 e. The minimum atomic E-state index is 0.440. The molecule has 2 heterocycles. The van der Waals surface area contributed by atoms with Crippen molar-refractivity contribution in [1.29, 1.82) is 0 Å². The van der Waals surface area contributed by atoms with E-state index in [1.807, 2.05) is 6.92 Å². The van der Waals surface area contributed by atoms with Crippen LogP contribution in [0.4, 0.5) is 11.6 Å². The number of anilines is 2. The Morgan fingerprint density at radius 1 is 1.28 bits per heavy atom. The summed E-state index contributed by atoms with van der Waals surface area (Å²) in [5.74, 6) is 2.89. The van der Waals surface area contributed by atoms with Gasteiger partial charge in [0.1, 0.15) is 17.5 Å². The third-order valence-electron chi connectivity index (χ3n) is 3.39. The van der Waals surface area contributed by atoms with E-state index in [9.17, 15) is 0 Å². The predicted octanol–water partition coefficient (Wildman–Crippen LogP) is 1.04. The average Bonchev–Trinajstić information content (AvgIpc) is 2.38. The summed E-state index contributed by atoms with van der Waals surface area (Å²) < 4.78 is 0. The molecule has 0 spiro atoms. The first-order valence-electron chi connectivity index (χ1n) is 6.62. The third kappa shape index (κ3) is 2.90. The average molecular weight is 249 g/mol. The fraction of sp³-hybridized carbons (Fsp3) is 0.692. The molecule has 0 atom stereocenters. The first kappa shape index (κ1) is 13.1. The van der Waals surface area contributed by atoms with Gasteiger partial charge in [0.05, 0.1) is 0 Å². The van der Waals surface area contributed by atoms with E-state index in [1.54, 1.807) is 0 Å². The van der Waals surface area contributed by atoms with Crippen molar-refractivity contribution in [3.63, 3.8) is 0 Å². The van der Waals surface area contributed by atoms with E-state index in [0.717, 1.165) is 43.6 Å². The molecule has 1 N–H and O–H groups in total. The number of hydrogen-bond acceptors (Lipinski definition) is 5. The first-order valence-corrected chi connectivity index (χ1v) is 6.62. The maximum Gasteiger partial charge on any atom is 0.134 e. The van der Waals surface area contributed by atoms with Crippen LogP contribution in [0.3, 0.4) is 0 Å². The van der Waals surface area contributed by atoms with Gasteiger partial charge in [-0.1, -0.05) is 0 Å². The maximum atomic E-state index is 4.56. The lowest BCUT2D eigenvalue weighted by Crippen LogP contribution is -2.44. The number of nitrogens with zero attached hydrogens (tertiary/aromatic N) is 4. The number of aromatic nitrogens is 2. The van der Waals surface area contributed by atoms with Crippen molar-refractivity contribution in [2.24, 2.45) is 0 Å². The summed E-state index contributed by atoms with van der Waals surface area (Å²) in [6.07, 6.45) is 0. The van der Waals surface area contributed by atoms with E-state index in [1.165, 1.54) is 0 Å². The zero-order valence-electron chi connectivity index (χ0n) is 11.8. The number of aryl methyl sites for hydroxylation is 1. The molecular weight excluding hydrogens is 226 g/mol. The Hall–Kier alpha value is -1.36. The third-order valence-corrected chi connectivity index (χ3v) is 3.39. The monoisotopic (exact) mass is 249 g/mol. The Kier molecular flexibility index (Phi) is 4.01. The molecule has 0 saturated carbocycles. The van der Waals surface area contributed by atoms with Crippen LogP contribution in [0.1, 0.15) is 19.7 Å². The summed E-state index contributed by atoms with van der Waals surface area (Å²) in [4.78, 5) is 13.6. The molecule has 1 aromatic rings. The Morgan fingerprint density at radius 2 is 1.94 bits per heavy atom. The number of piperazine rings is 1. The Bertz CT molecular complexity index is 398. The highest BCUT2D eigenvalue weighted by Gasteiger charge is 2.15. The molecule has 1 aliphatic rings. The van der Waals surface area contributed by atoms with Gasteiger partial charge in [-0.3, -0.25) is 0 Å². The van der Waals surface area contributed by atoms with Crippen LogP contribution in [0, 0.1) is 6.92 Å². The zero-order chi connectivity index (χ0) is 13.1. The van der Waals surface area contributed by atoms with E-state index >= 15 is 0 Å². The molecule has 1 aromatic heterocycles. The fourth-order valence-corrected chi connectivity index (χ4v) is 2.04. The molecule has 5 nitrogen and oxygen atoms in total. The second-order valence-corrected chi connectivity index (χ2v) is 5.07. The van der Waals surface area contributed by atoms with Crippen molar-refractivity contribution in [3.8, 4) is 0 Å². The van der Waals surface area contributed by atoms with Crippen molar-refractivity contribution in [3.05, 3.63) is 11.9 Å². The van der Waals surface area contributed by atoms with E-state index in [2.05, 4.69) is 52.0 Å². The van der Waals surface area contributed by atoms with Gasteiger partial charge in [-0.25, -0.2) is 9.97 Å². The molecule has 0 aromatic carbocycles. The second-order valence-electron chi connectivity index (χ2n) is 5.07. The van der Waals surface area contributed by atoms with E-state index in [0.29, 0.717) is 6.04 Å². The van der Waals surface area contributed by atoms with Crippen LogP contribution in [0.25, 0.3) is 0 Å². The molecule has 1 aliphatic heterocycles. The first-order chi connectivity index (χ1) is 8.58. The molecule has 0 radical (unpaired) electrons. The molecule has 2 rings (SSSR count). The van der Waals surface area contributed by atoms with Crippen LogP contribution in [0.2, 0.25) is 0 Å². The second kappa shape index (κ2) is 5.52. The molecule has 0 amide bonds. The van der Waals surface area contributed by atoms with Gasteiger partial charge in [0.15, 0.2) is 0 Å². The molecular formula is C13H23N5. The zero-order valence-corrected chi connectivity index (χ0v) is 11.8. The fourth-order valence-electron chi connectivity index (χ4n) is 2.04. The predicted molar refractivity (Wildman–Crippen MR) is 75.4 cm³/mol. The summed E-state index contributed by atoms with van der Waals surface area (Å²) in [6.45, 7) is 10.4. The number of rotatable bonds is 3. The van der Waals surface area contributed by atoms with Crippen LogP contribution in [0.5, 0.6) is 0 Å². The lowest BCUT2D eigenvalue weighted by molar-refractivity contribution is 0.583. The van der Waals surface area contributed by atoms with Gasteiger partial charge in [0.25, 0.3) is 0 Å². The quantitative estimate of drug-likeness (QED) is 0.867. The van der Waals surface area contributed by atoms with Crippen molar-refractivity contribution < 1.29 is 0 Å². The molecule has 18 heavy (non-hydrogen) atoms. The normalized spacial score (nSPS) is 16.2. The van der Waals surface area contributed by atoms with Crippen LogP contribution < -0.4 is 15.1 Å². The van der Waals surface area contributed by atoms with E-state index in [-0.39, 0.29) is 0 Å². The Balaban J connectivity index is 2.25. The van der Waals surface area contributed by atoms with Gasteiger partial charge in [-0.2, -0.15) is 0 Å². The standard InChI is InChI=1S/C13H23N5/c1-10(2)17(4)12-9-13(16-11(3)15-12)18-7-5-14-6-8-18/h9-10,14H,5-8H2,1-4H3. The highest BCUT2D eigenvalue weighted by Crippen LogP contribution is 2.19. The Morgan fingerprint density at radius 3 is 2.56 bits per heavy atom. The SMILES string of the molecule is Cc1nc(N2CCNCC2)cc(N(C)C(C)C)n1. The molecule has 0 aliphatic carbocycles. The maximum absolute atomic E-state index is 4.56. The molecule has 0 unspecified atom stereocenters. The van der Waals surface area contributed by atoms with Gasteiger partial charge in [-0.15, -0.1) is 0 Å². The minimum Gasteiger partial charge on any atom is -0.357 e. The van der Waals surface area contributed by atoms with Crippen LogP contribution in [0.15, 0.2) is 6.07 Å².